The quantitative estimate of drug-likeness (QED) is 0.0888. The summed E-state index contributed by atoms with van der Waals surface area (Å²) in [6.07, 6.45) is 1.34. The molecule has 2 aromatic carbocycles. The summed E-state index contributed by atoms with van der Waals surface area (Å²) in [6.45, 7) is 1.84. The second-order valence-electron chi connectivity index (χ2n) is 8.90. The highest BCUT2D eigenvalue weighted by Crippen LogP contribution is 2.25. The number of benzene rings is 2. The third-order valence-electron chi connectivity index (χ3n) is 6.13. The molecule has 39 heavy (non-hydrogen) atoms. The van der Waals surface area contributed by atoms with Gasteiger partial charge in [0.2, 0.25) is 16.0 Å². The van der Waals surface area contributed by atoms with Crippen molar-refractivity contribution in [1.82, 2.24) is 20.4 Å². The average Bonchev–Trinajstić information content (AvgIpc) is 2.93. The number of amides is 3. The zero-order valence-corrected chi connectivity index (χ0v) is 22.4. The highest BCUT2D eigenvalue weighted by molar-refractivity contribution is 7.89. The van der Waals surface area contributed by atoms with E-state index in [4.69, 9.17) is 15.2 Å². The number of ether oxygens (including phenoxy) is 2. The van der Waals surface area contributed by atoms with E-state index >= 15 is 0 Å². The highest BCUT2D eigenvalue weighted by Gasteiger charge is 2.31. The minimum absolute atomic E-state index is 0.0401. The molecule has 3 rings (SSSR count). The largest absolute Gasteiger partial charge is 0.457 e. The Hall–Kier alpha value is -3.72. The van der Waals surface area contributed by atoms with Crippen LogP contribution in [0.1, 0.15) is 19.3 Å². The van der Waals surface area contributed by atoms with Crippen LogP contribution in [0.2, 0.25) is 0 Å². The number of para-hydroxylation sites is 1. The zero-order valence-electron chi connectivity index (χ0n) is 21.6. The van der Waals surface area contributed by atoms with Gasteiger partial charge in [0, 0.05) is 26.7 Å². The fraction of sp³-hybridized carbons (Fsp3) is 0.400. The number of piperidine rings is 1. The highest BCUT2D eigenvalue weighted by atomic mass is 32.2. The average molecular weight is 563 g/mol. The van der Waals surface area contributed by atoms with Crippen molar-refractivity contribution >= 4 is 27.9 Å². The molecule has 0 radical (unpaired) electrons. The summed E-state index contributed by atoms with van der Waals surface area (Å²) in [6, 6.07) is 12.8. The van der Waals surface area contributed by atoms with Gasteiger partial charge < -0.3 is 25.4 Å². The summed E-state index contributed by atoms with van der Waals surface area (Å²) < 4.78 is 39.2. The van der Waals surface area contributed by atoms with E-state index in [1.807, 2.05) is 23.1 Å². The molecular weight excluding hydrogens is 528 g/mol. The molecule has 0 aromatic heterocycles. The van der Waals surface area contributed by atoms with Crippen LogP contribution < -0.4 is 26.0 Å². The summed E-state index contributed by atoms with van der Waals surface area (Å²) in [5.74, 6) is 0.496. The predicted octanol–water partition coefficient (Wildman–Crippen LogP) is 1.40. The molecule has 1 atom stereocenters. The van der Waals surface area contributed by atoms with E-state index in [0.717, 1.165) is 0 Å². The minimum atomic E-state index is -4.09. The Morgan fingerprint density at radius 2 is 1.74 bits per heavy atom. The smallest absolute Gasteiger partial charge is 0.341 e. The van der Waals surface area contributed by atoms with Gasteiger partial charge in [0.05, 0.1) is 11.5 Å². The van der Waals surface area contributed by atoms with Crippen molar-refractivity contribution in [3.63, 3.8) is 0 Å². The Labute approximate surface area is 227 Å². The third-order valence-corrected chi connectivity index (χ3v) is 7.61. The Morgan fingerprint density at radius 3 is 2.33 bits per heavy atom. The molecular formula is C25H34N6O7S. The van der Waals surface area contributed by atoms with Crippen molar-refractivity contribution < 1.29 is 32.7 Å². The number of nitrogens with two attached hydrogens (primary N) is 1. The van der Waals surface area contributed by atoms with Crippen LogP contribution in [0.3, 0.4) is 0 Å². The van der Waals surface area contributed by atoms with Gasteiger partial charge in [-0.05, 0) is 61.6 Å². The van der Waals surface area contributed by atoms with Crippen LogP contribution in [0, 0.1) is 5.92 Å². The molecule has 0 unspecified atom stereocenters. The predicted molar refractivity (Wildman–Crippen MR) is 143 cm³/mol. The lowest BCUT2D eigenvalue weighted by molar-refractivity contribution is -0.131. The van der Waals surface area contributed by atoms with Gasteiger partial charge >= 0.3 is 6.03 Å². The van der Waals surface area contributed by atoms with E-state index in [-0.39, 0.29) is 17.2 Å². The van der Waals surface area contributed by atoms with Crippen molar-refractivity contribution in [2.45, 2.75) is 30.2 Å². The number of guanidine groups is 1. The molecule has 13 nitrogen and oxygen atoms in total. The Balaban J connectivity index is 1.62. The van der Waals surface area contributed by atoms with Gasteiger partial charge in [0.25, 0.3) is 5.91 Å². The summed E-state index contributed by atoms with van der Waals surface area (Å²) in [5, 5.41) is 12.3. The number of methoxy groups -OCH3 is 1. The zero-order chi connectivity index (χ0) is 28.3. The van der Waals surface area contributed by atoms with E-state index < -0.39 is 28.0 Å². The number of carbonyl (C=O) groups excluding carboxylic acids is 2. The Morgan fingerprint density at radius 1 is 1.10 bits per heavy atom. The Bertz CT molecular complexity index is 1220. The number of hydrogen-bond donors (Lipinski definition) is 5. The molecule has 0 spiro atoms. The Kier molecular flexibility index (Phi) is 11.0. The molecule has 1 aliphatic rings. The van der Waals surface area contributed by atoms with Gasteiger partial charge in [-0.2, -0.15) is 9.71 Å². The molecule has 0 saturated carbocycles. The molecule has 6 N–H and O–H groups in total. The van der Waals surface area contributed by atoms with E-state index in [1.165, 1.54) is 24.3 Å². The van der Waals surface area contributed by atoms with E-state index in [0.29, 0.717) is 56.5 Å². The van der Waals surface area contributed by atoms with Crippen molar-refractivity contribution in [2.24, 2.45) is 16.6 Å². The monoisotopic (exact) mass is 562 g/mol. The van der Waals surface area contributed by atoms with Gasteiger partial charge in [0.1, 0.15) is 17.5 Å². The first kappa shape index (κ1) is 29.8. The number of urea groups is 1. The number of primary amides is 1. The van der Waals surface area contributed by atoms with E-state index in [1.54, 1.807) is 24.7 Å². The van der Waals surface area contributed by atoms with Gasteiger partial charge in [-0.15, -0.1) is 0 Å². The van der Waals surface area contributed by atoms with Crippen LogP contribution >= 0.6 is 0 Å². The molecule has 1 heterocycles. The van der Waals surface area contributed by atoms with Crippen molar-refractivity contribution in [3.05, 3.63) is 54.6 Å². The molecule has 2 aromatic rings. The molecule has 3 amide bonds. The lowest BCUT2D eigenvalue weighted by Crippen LogP contribution is -2.50. The lowest BCUT2D eigenvalue weighted by atomic mass is 9.90. The number of rotatable bonds is 11. The maximum absolute atomic E-state index is 13.0. The van der Waals surface area contributed by atoms with Crippen LogP contribution in [0.4, 0.5) is 4.79 Å². The SMILES string of the molecule is COCCN/C(=N/C(N)=O)N1CCC(C[C@H](NS(=O)(=O)c2ccc(Oc3ccccc3)cc2)C(=O)NO)CC1. The van der Waals surface area contributed by atoms with Crippen molar-refractivity contribution in [1.29, 1.82) is 0 Å². The maximum Gasteiger partial charge on any atom is 0.341 e. The van der Waals surface area contributed by atoms with Crippen LogP contribution in [0.25, 0.3) is 0 Å². The first-order valence-electron chi connectivity index (χ1n) is 12.4. The summed E-state index contributed by atoms with van der Waals surface area (Å²) in [5.41, 5.74) is 6.78. The number of aliphatic imine (C=N–C) groups is 1. The third kappa shape index (κ3) is 9.21. The topological polar surface area (TPSA) is 185 Å². The first-order valence-corrected chi connectivity index (χ1v) is 13.8. The van der Waals surface area contributed by atoms with Crippen molar-refractivity contribution in [3.8, 4) is 11.5 Å². The molecule has 212 valence electrons. The van der Waals surface area contributed by atoms with Gasteiger partial charge in [-0.1, -0.05) is 18.2 Å². The van der Waals surface area contributed by atoms with Gasteiger partial charge in [-0.25, -0.2) is 18.7 Å². The number of nitrogens with zero attached hydrogens (tertiary/aromatic N) is 2. The molecule has 1 fully saturated rings. The van der Waals surface area contributed by atoms with Crippen LogP contribution in [0.5, 0.6) is 11.5 Å². The number of hydrogen-bond acceptors (Lipinski definition) is 7. The second-order valence-corrected chi connectivity index (χ2v) is 10.6. The standard InChI is InChI=1S/C25H34N6O7S/c1-37-16-13-27-25(28-24(26)33)31-14-11-18(12-15-31)17-22(23(32)29-34)30-39(35,36)21-9-7-20(8-10-21)38-19-5-3-2-4-6-19/h2-10,18,22,30,34H,11-17H2,1H3,(H,29,32)(H3,26,27,28,33)/t22-/m0/s1. The number of nitrogens with one attached hydrogen (secondary N) is 3. The number of sulfonamides is 1. The fourth-order valence-corrected chi connectivity index (χ4v) is 5.37. The number of likely N-dealkylation sites (tertiary alicyclic amines) is 1. The maximum atomic E-state index is 13.0. The summed E-state index contributed by atoms with van der Waals surface area (Å²) in [4.78, 5) is 29.4. The summed E-state index contributed by atoms with van der Waals surface area (Å²) in [7, 11) is -2.53. The fourth-order valence-electron chi connectivity index (χ4n) is 4.16. The van der Waals surface area contributed by atoms with E-state index in [9.17, 15) is 23.2 Å². The second kappa shape index (κ2) is 14.4. The summed E-state index contributed by atoms with van der Waals surface area (Å²) >= 11 is 0. The van der Waals surface area contributed by atoms with Crippen molar-refractivity contribution in [2.75, 3.05) is 33.4 Å². The first-order chi connectivity index (χ1) is 18.7. The van der Waals surface area contributed by atoms with Crippen LogP contribution in [-0.4, -0.2) is 75.8 Å². The van der Waals surface area contributed by atoms with E-state index in [2.05, 4.69) is 15.0 Å². The van der Waals surface area contributed by atoms with Gasteiger partial charge in [0.15, 0.2) is 0 Å². The molecule has 14 heteroatoms. The number of carbonyl (C=O) groups is 2. The molecule has 1 aliphatic heterocycles. The molecule has 0 bridgehead atoms. The molecule has 0 aliphatic carbocycles. The van der Waals surface area contributed by atoms with Crippen LogP contribution in [-0.2, 0) is 19.6 Å². The van der Waals surface area contributed by atoms with Gasteiger partial charge in [-0.3, -0.25) is 10.0 Å². The number of hydroxylamine groups is 1. The minimum Gasteiger partial charge on any atom is -0.457 e. The molecule has 1 saturated heterocycles. The lowest BCUT2D eigenvalue weighted by Gasteiger charge is -2.35. The normalized spacial score (nSPS) is 15.4. The van der Waals surface area contributed by atoms with Crippen LogP contribution in [0.15, 0.2) is 64.5 Å².